The van der Waals surface area contributed by atoms with E-state index >= 15 is 0 Å². The van der Waals surface area contributed by atoms with Crippen LogP contribution in [0.25, 0.3) is 5.69 Å². The molecule has 0 aliphatic carbocycles. The predicted octanol–water partition coefficient (Wildman–Crippen LogP) is 3.03. The number of hydrogen-bond donors (Lipinski definition) is 1. The quantitative estimate of drug-likeness (QED) is 0.734. The number of aryl methyl sites for hydroxylation is 1. The van der Waals surface area contributed by atoms with E-state index in [9.17, 15) is 4.79 Å². The number of carbonyl (C=O) groups excluding carboxylic acids is 1. The maximum Gasteiger partial charge on any atom is 0.238 e. The van der Waals surface area contributed by atoms with Crippen molar-refractivity contribution in [1.29, 1.82) is 0 Å². The Bertz CT molecular complexity index is 936. The van der Waals surface area contributed by atoms with Crippen LogP contribution in [-0.4, -0.2) is 43.2 Å². The molecule has 27 heavy (non-hydrogen) atoms. The lowest BCUT2D eigenvalue weighted by atomic mass is 10.1. The van der Waals surface area contributed by atoms with E-state index in [0.717, 1.165) is 25.1 Å². The minimum atomic E-state index is -0.0697. The topological polar surface area (TPSA) is 68.0 Å². The van der Waals surface area contributed by atoms with Crippen LogP contribution in [-0.2, 0) is 11.8 Å². The molecule has 1 aliphatic rings. The summed E-state index contributed by atoms with van der Waals surface area (Å²) in [5.74, 6) is -0.0697. The van der Waals surface area contributed by atoms with Crippen molar-refractivity contribution >= 4 is 23.2 Å². The highest BCUT2D eigenvalue weighted by Gasteiger charge is 2.29. The minimum absolute atomic E-state index is 0.0697. The Kier molecular flexibility index (Phi) is 4.96. The third-order valence-corrected chi connectivity index (χ3v) is 5.17. The number of rotatable bonds is 5. The molecule has 3 aromatic rings. The lowest BCUT2D eigenvalue weighted by molar-refractivity contribution is -0.117. The van der Waals surface area contributed by atoms with E-state index in [4.69, 9.17) is 11.6 Å². The number of aromatic nitrogens is 4. The van der Waals surface area contributed by atoms with Gasteiger partial charge in [-0.25, -0.2) is 9.67 Å². The molecule has 140 valence electrons. The van der Waals surface area contributed by atoms with Crippen LogP contribution in [0.5, 0.6) is 0 Å². The van der Waals surface area contributed by atoms with Crippen LogP contribution in [0.3, 0.4) is 0 Å². The fourth-order valence-electron chi connectivity index (χ4n) is 3.69. The molecule has 1 aromatic carbocycles. The Morgan fingerprint density at radius 2 is 2.26 bits per heavy atom. The molecular weight excluding hydrogens is 364 g/mol. The molecule has 1 amide bonds. The summed E-state index contributed by atoms with van der Waals surface area (Å²) in [6.45, 7) is 1.24. The zero-order valence-electron chi connectivity index (χ0n) is 15.0. The molecule has 4 rings (SSSR count). The van der Waals surface area contributed by atoms with Crippen LogP contribution in [0.2, 0.25) is 5.02 Å². The number of amides is 1. The van der Waals surface area contributed by atoms with Gasteiger partial charge >= 0.3 is 0 Å². The van der Waals surface area contributed by atoms with Crippen molar-refractivity contribution in [3.8, 4) is 5.69 Å². The summed E-state index contributed by atoms with van der Waals surface area (Å²) in [4.78, 5) is 18.9. The van der Waals surface area contributed by atoms with Crippen molar-refractivity contribution < 1.29 is 4.79 Å². The first-order chi connectivity index (χ1) is 13.1. The molecule has 8 heteroatoms. The van der Waals surface area contributed by atoms with Crippen molar-refractivity contribution in [1.82, 2.24) is 24.2 Å². The lowest BCUT2D eigenvalue weighted by Gasteiger charge is -2.24. The van der Waals surface area contributed by atoms with Gasteiger partial charge in [-0.15, -0.1) is 0 Å². The van der Waals surface area contributed by atoms with Gasteiger partial charge in [0.15, 0.2) is 0 Å². The second-order valence-electron chi connectivity index (χ2n) is 6.72. The van der Waals surface area contributed by atoms with Crippen LogP contribution < -0.4 is 5.32 Å². The van der Waals surface area contributed by atoms with E-state index in [2.05, 4.69) is 30.9 Å². The summed E-state index contributed by atoms with van der Waals surface area (Å²) in [6.07, 6.45) is 7.24. The molecule has 1 atom stereocenters. The molecule has 3 heterocycles. The number of carbonyl (C=O) groups is 1. The number of nitrogens with one attached hydrogen (secondary N) is 1. The van der Waals surface area contributed by atoms with E-state index in [-0.39, 0.29) is 11.9 Å². The van der Waals surface area contributed by atoms with Gasteiger partial charge in [0, 0.05) is 24.0 Å². The third kappa shape index (κ3) is 3.74. The molecule has 1 saturated heterocycles. The molecule has 0 radical (unpaired) electrons. The molecule has 1 aliphatic heterocycles. The van der Waals surface area contributed by atoms with Crippen LogP contribution in [0, 0.1) is 0 Å². The Hall–Kier alpha value is -2.64. The van der Waals surface area contributed by atoms with Gasteiger partial charge in [0.2, 0.25) is 5.91 Å². The normalized spacial score (nSPS) is 17.3. The molecule has 0 bridgehead atoms. The van der Waals surface area contributed by atoms with E-state index in [1.54, 1.807) is 23.1 Å². The standard InChI is InChI=1S/C19H21ClN6O/c1-24-8-2-4-17(24)18-5-3-9-25(18)11-19(27)23-15-10-14(20)6-7-16(15)26-13-21-12-22-26/h2,4,6-8,10,12-13,18H,3,5,9,11H2,1H3,(H,23,27)/t18-/m1/s1. The van der Waals surface area contributed by atoms with E-state index < -0.39 is 0 Å². The number of halogens is 1. The van der Waals surface area contributed by atoms with Crippen molar-refractivity contribution in [3.05, 3.63) is 59.9 Å². The van der Waals surface area contributed by atoms with Crippen molar-refractivity contribution in [2.75, 3.05) is 18.4 Å². The summed E-state index contributed by atoms with van der Waals surface area (Å²) >= 11 is 6.13. The average molecular weight is 385 g/mol. The first-order valence-corrected chi connectivity index (χ1v) is 9.29. The highest BCUT2D eigenvalue weighted by atomic mass is 35.5. The number of benzene rings is 1. The van der Waals surface area contributed by atoms with Gasteiger partial charge < -0.3 is 9.88 Å². The Labute approximate surface area is 162 Å². The van der Waals surface area contributed by atoms with E-state index in [1.165, 1.54) is 12.0 Å². The Morgan fingerprint density at radius 1 is 1.37 bits per heavy atom. The number of anilines is 1. The maximum atomic E-state index is 12.8. The largest absolute Gasteiger partial charge is 0.353 e. The Balaban J connectivity index is 1.50. The second kappa shape index (κ2) is 7.54. The first-order valence-electron chi connectivity index (χ1n) is 8.91. The van der Waals surface area contributed by atoms with Crippen LogP contribution in [0.1, 0.15) is 24.6 Å². The number of nitrogens with zero attached hydrogens (tertiary/aromatic N) is 5. The zero-order valence-corrected chi connectivity index (χ0v) is 15.8. The molecule has 0 spiro atoms. The predicted molar refractivity (Wildman–Crippen MR) is 104 cm³/mol. The first kappa shape index (κ1) is 17.8. The van der Waals surface area contributed by atoms with Crippen molar-refractivity contribution in [2.24, 2.45) is 7.05 Å². The molecule has 2 aromatic heterocycles. The molecular formula is C19H21ClN6O. The fraction of sp³-hybridized carbons (Fsp3) is 0.316. The summed E-state index contributed by atoms with van der Waals surface area (Å²) in [7, 11) is 2.04. The highest BCUT2D eigenvalue weighted by molar-refractivity contribution is 6.31. The number of likely N-dealkylation sites (tertiary alicyclic amines) is 1. The van der Waals surface area contributed by atoms with Crippen LogP contribution >= 0.6 is 11.6 Å². The van der Waals surface area contributed by atoms with Gasteiger partial charge in [-0.1, -0.05) is 11.6 Å². The van der Waals surface area contributed by atoms with Crippen molar-refractivity contribution in [3.63, 3.8) is 0 Å². The van der Waals surface area contributed by atoms with Gasteiger partial charge in [0.25, 0.3) is 0 Å². The van der Waals surface area contributed by atoms with E-state index in [1.807, 2.05) is 25.4 Å². The summed E-state index contributed by atoms with van der Waals surface area (Å²) in [6, 6.07) is 9.75. The fourth-order valence-corrected chi connectivity index (χ4v) is 3.86. The zero-order chi connectivity index (χ0) is 18.8. The highest BCUT2D eigenvalue weighted by Crippen LogP contribution is 2.32. The summed E-state index contributed by atoms with van der Waals surface area (Å²) < 4.78 is 3.73. The SMILES string of the molecule is Cn1cccc1[C@H]1CCCN1CC(=O)Nc1cc(Cl)ccc1-n1cncn1. The summed E-state index contributed by atoms with van der Waals surface area (Å²) in [5, 5.41) is 7.68. The number of hydrogen-bond acceptors (Lipinski definition) is 4. The molecule has 0 saturated carbocycles. The monoisotopic (exact) mass is 384 g/mol. The van der Waals surface area contributed by atoms with Gasteiger partial charge in [-0.2, -0.15) is 5.10 Å². The minimum Gasteiger partial charge on any atom is -0.353 e. The average Bonchev–Trinajstić information content (AvgIpc) is 3.37. The van der Waals surface area contributed by atoms with Gasteiger partial charge in [-0.05, 0) is 49.7 Å². The van der Waals surface area contributed by atoms with Crippen LogP contribution in [0.4, 0.5) is 5.69 Å². The van der Waals surface area contributed by atoms with Crippen LogP contribution in [0.15, 0.2) is 49.2 Å². The van der Waals surface area contributed by atoms with Gasteiger partial charge in [0.05, 0.1) is 24.0 Å². The van der Waals surface area contributed by atoms with Crippen molar-refractivity contribution in [2.45, 2.75) is 18.9 Å². The lowest BCUT2D eigenvalue weighted by Crippen LogP contribution is -2.33. The van der Waals surface area contributed by atoms with E-state index in [0.29, 0.717) is 17.3 Å². The summed E-state index contributed by atoms with van der Waals surface area (Å²) in [5.41, 5.74) is 2.59. The van der Waals surface area contributed by atoms with Gasteiger partial charge in [0.1, 0.15) is 12.7 Å². The molecule has 1 N–H and O–H groups in total. The van der Waals surface area contributed by atoms with Gasteiger partial charge in [-0.3, -0.25) is 9.69 Å². The molecule has 7 nitrogen and oxygen atoms in total. The second-order valence-corrected chi connectivity index (χ2v) is 7.16. The molecule has 0 unspecified atom stereocenters. The maximum absolute atomic E-state index is 12.8. The molecule has 1 fully saturated rings. The Morgan fingerprint density at radius 3 is 3.00 bits per heavy atom. The smallest absolute Gasteiger partial charge is 0.238 e. The third-order valence-electron chi connectivity index (χ3n) is 4.93.